The summed E-state index contributed by atoms with van der Waals surface area (Å²) >= 11 is 0. The highest BCUT2D eigenvalue weighted by Gasteiger charge is 2.39. The normalized spacial score (nSPS) is 26.6. The summed E-state index contributed by atoms with van der Waals surface area (Å²) < 4.78 is 8.13. The third kappa shape index (κ3) is 3.48. The van der Waals surface area contributed by atoms with Crippen molar-refractivity contribution in [3.8, 4) is 5.69 Å². The predicted octanol–water partition coefficient (Wildman–Crippen LogP) is 4.05. The van der Waals surface area contributed by atoms with Gasteiger partial charge in [-0.25, -0.2) is 9.78 Å². The molecule has 0 saturated carbocycles. The summed E-state index contributed by atoms with van der Waals surface area (Å²) in [6.07, 6.45) is 8.48. The molecule has 2 bridgehead atoms. The van der Waals surface area contributed by atoms with E-state index < -0.39 is 0 Å². The molecule has 3 fully saturated rings. The number of amides is 1. The van der Waals surface area contributed by atoms with Crippen molar-refractivity contribution in [2.45, 2.75) is 31.4 Å². The van der Waals surface area contributed by atoms with Crippen LogP contribution in [-0.4, -0.2) is 57.7 Å². The van der Waals surface area contributed by atoms with Crippen molar-refractivity contribution in [1.82, 2.24) is 19.4 Å². The zero-order valence-electron chi connectivity index (χ0n) is 18.1. The summed E-state index contributed by atoms with van der Waals surface area (Å²) in [5.41, 5.74) is 4.66. The minimum Gasteiger partial charge on any atom is -0.444 e. The van der Waals surface area contributed by atoms with Gasteiger partial charge in [0.25, 0.3) is 0 Å². The molecule has 2 atom stereocenters. The molecular formula is C26H28N4O2. The molecule has 6 nitrogen and oxygen atoms in total. The van der Waals surface area contributed by atoms with E-state index in [1.165, 1.54) is 11.1 Å². The first-order valence-electron chi connectivity index (χ1n) is 11.6. The maximum atomic E-state index is 13.5. The lowest BCUT2D eigenvalue weighted by Gasteiger charge is -2.45. The van der Waals surface area contributed by atoms with E-state index in [1.54, 1.807) is 12.5 Å². The average Bonchev–Trinajstić information content (AvgIpc) is 3.39. The minimum absolute atomic E-state index is 0.0198. The van der Waals surface area contributed by atoms with Crippen LogP contribution in [0, 0.1) is 5.92 Å². The third-order valence-corrected chi connectivity index (χ3v) is 7.38. The Hall–Kier alpha value is -3.12. The largest absolute Gasteiger partial charge is 0.444 e. The second-order valence-electron chi connectivity index (χ2n) is 9.17. The van der Waals surface area contributed by atoms with Crippen LogP contribution in [0.5, 0.6) is 0 Å². The second-order valence-corrected chi connectivity index (χ2v) is 9.17. The maximum absolute atomic E-state index is 13.5. The Morgan fingerprint density at radius 1 is 1.00 bits per heavy atom. The first kappa shape index (κ1) is 19.6. The van der Waals surface area contributed by atoms with E-state index in [0.29, 0.717) is 12.5 Å². The van der Waals surface area contributed by atoms with Gasteiger partial charge in [-0.05, 0) is 67.1 Å². The molecule has 0 radical (unpaired) electrons. The van der Waals surface area contributed by atoms with Crippen molar-refractivity contribution in [2.24, 2.45) is 5.92 Å². The fourth-order valence-electron chi connectivity index (χ4n) is 5.60. The number of benzene rings is 2. The molecule has 164 valence electrons. The van der Waals surface area contributed by atoms with E-state index in [0.717, 1.165) is 50.1 Å². The first-order valence-corrected chi connectivity index (χ1v) is 11.6. The lowest BCUT2D eigenvalue weighted by molar-refractivity contribution is -0.0462. The molecule has 2 aromatic carbocycles. The molecule has 5 heterocycles. The van der Waals surface area contributed by atoms with Crippen LogP contribution in [0.25, 0.3) is 5.69 Å². The Kier molecular flexibility index (Phi) is 4.95. The maximum Gasteiger partial charge on any atom is 0.410 e. The lowest BCUT2D eigenvalue weighted by Crippen LogP contribution is -2.53. The summed E-state index contributed by atoms with van der Waals surface area (Å²) in [5.74, 6) is 0.508. The van der Waals surface area contributed by atoms with Crippen LogP contribution in [0.3, 0.4) is 0 Å². The molecule has 32 heavy (non-hydrogen) atoms. The van der Waals surface area contributed by atoms with Crippen LogP contribution in [0.1, 0.15) is 35.6 Å². The predicted molar refractivity (Wildman–Crippen MR) is 122 cm³/mol. The van der Waals surface area contributed by atoms with E-state index in [1.807, 2.05) is 15.7 Å². The molecular weight excluding hydrogens is 400 g/mol. The van der Waals surface area contributed by atoms with E-state index in [2.05, 4.69) is 58.4 Å². The number of hydrogen-bond acceptors (Lipinski definition) is 4. The monoisotopic (exact) mass is 428 g/mol. The van der Waals surface area contributed by atoms with Gasteiger partial charge in [-0.3, -0.25) is 9.80 Å². The van der Waals surface area contributed by atoms with Crippen LogP contribution < -0.4 is 0 Å². The van der Waals surface area contributed by atoms with E-state index >= 15 is 0 Å². The van der Waals surface area contributed by atoms with E-state index in [-0.39, 0.29) is 18.2 Å². The molecule has 4 aliphatic rings. The number of nitrogens with zero attached hydrogens (tertiary/aromatic N) is 4. The summed E-state index contributed by atoms with van der Waals surface area (Å²) in [7, 11) is 0. The van der Waals surface area contributed by atoms with Crippen molar-refractivity contribution in [1.29, 1.82) is 0 Å². The standard InChI is InChI=1S/C26H28N4O2/c31-26(32-24-17-28-13-9-20(24)10-14-28)30-15-11-19-3-1-2-4-23(19)25(30)21-5-7-22(8-6-21)29-16-12-27-18-29/h1-8,12,16,18,20,24-25H,9-11,13-15,17H2/t24-,25+/m1/s1. The SMILES string of the molecule is O=C(O[C@@H]1CN2CCC1CC2)N1CCc2ccccc2[C@@H]1c1ccc(-n2ccnc2)cc1. The fraction of sp³-hybridized carbons (Fsp3) is 0.385. The molecule has 6 heteroatoms. The molecule has 3 saturated heterocycles. The highest BCUT2D eigenvalue weighted by molar-refractivity contribution is 5.70. The van der Waals surface area contributed by atoms with Gasteiger partial charge < -0.3 is 9.30 Å². The number of hydrogen-bond donors (Lipinski definition) is 0. The first-order chi connectivity index (χ1) is 15.8. The Balaban J connectivity index is 1.30. The summed E-state index contributed by atoms with van der Waals surface area (Å²) in [6.45, 7) is 3.83. The minimum atomic E-state index is -0.179. The van der Waals surface area contributed by atoms with Crippen LogP contribution in [0.4, 0.5) is 4.79 Å². The van der Waals surface area contributed by atoms with Crippen molar-refractivity contribution >= 4 is 6.09 Å². The molecule has 0 N–H and O–H groups in total. The van der Waals surface area contributed by atoms with E-state index in [9.17, 15) is 4.79 Å². The number of piperidine rings is 3. The van der Waals surface area contributed by atoms with Gasteiger partial charge in [0, 0.05) is 31.2 Å². The van der Waals surface area contributed by atoms with Gasteiger partial charge in [0.1, 0.15) is 6.10 Å². The molecule has 1 aromatic heterocycles. The van der Waals surface area contributed by atoms with Gasteiger partial charge in [-0.2, -0.15) is 0 Å². The van der Waals surface area contributed by atoms with Crippen LogP contribution >= 0.6 is 0 Å². The van der Waals surface area contributed by atoms with Crippen molar-refractivity contribution in [2.75, 3.05) is 26.2 Å². The Morgan fingerprint density at radius 2 is 1.81 bits per heavy atom. The molecule has 0 unspecified atom stereocenters. The number of aromatic nitrogens is 2. The molecule has 0 spiro atoms. The van der Waals surface area contributed by atoms with Gasteiger partial charge >= 0.3 is 6.09 Å². The molecule has 0 aliphatic carbocycles. The molecule has 7 rings (SSSR count). The van der Waals surface area contributed by atoms with Crippen molar-refractivity contribution in [3.63, 3.8) is 0 Å². The summed E-state index contributed by atoms with van der Waals surface area (Å²) in [6, 6.07) is 16.8. The zero-order valence-corrected chi connectivity index (χ0v) is 18.1. The number of imidazole rings is 1. The van der Waals surface area contributed by atoms with Crippen molar-refractivity contribution in [3.05, 3.63) is 83.9 Å². The second kappa shape index (κ2) is 8.10. The van der Waals surface area contributed by atoms with E-state index in [4.69, 9.17) is 4.74 Å². The summed E-state index contributed by atoms with van der Waals surface area (Å²) in [4.78, 5) is 22.0. The topological polar surface area (TPSA) is 50.6 Å². The Morgan fingerprint density at radius 3 is 2.53 bits per heavy atom. The zero-order chi connectivity index (χ0) is 21.5. The van der Waals surface area contributed by atoms with Gasteiger partial charge in [0.15, 0.2) is 0 Å². The molecule has 3 aromatic rings. The average molecular weight is 429 g/mol. The Labute approximate surface area is 188 Å². The molecule has 4 aliphatic heterocycles. The lowest BCUT2D eigenvalue weighted by atomic mass is 9.86. The van der Waals surface area contributed by atoms with Crippen LogP contribution in [0.2, 0.25) is 0 Å². The quantitative estimate of drug-likeness (QED) is 0.632. The van der Waals surface area contributed by atoms with Crippen molar-refractivity contribution < 1.29 is 9.53 Å². The van der Waals surface area contributed by atoms with Crippen LogP contribution in [-0.2, 0) is 11.2 Å². The fourth-order valence-corrected chi connectivity index (χ4v) is 5.60. The highest BCUT2D eigenvalue weighted by Crippen LogP contribution is 2.37. The number of fused-ring (bicyclic) bond motifs is 4. The Bertz CT molecular complexity index is 1090. The smallest absolute Gasteiger partial charge is 0.410 e. The highest BCUT2D eigenvalue weighted by atomic mass is 16.6. The number of ether oxygens (including phenoxy) is 1. The third-order valence-electron chi connectivity index (χ3n) is 7.38. The van der Waals surface area contributed by atoms with Crippen LogP contribution in [0.15, 0.2) is 67.3 Å². The number of carbonyl (C=O) groups excluding carboxylic acids is 1. The number of carbonyl (C=O) groups is 1. The van der Waals surface area contributed by atoms with Gasteiger partial charge in [0.05, 0.1) is 12.4 Å². The van der Waals surface area contributed by atoms with Gasteiger partial charge in [-0.1, -0.05) is 36.4 Å². The van der Waals surface area contributed by atoms with Gasteiger partial charge in [-0.15, -0.1) is 0 Å². The number of rotatable bonds is 3. The molecule has 1 amide bonds. The van der Waals surface area contributed by atoms with Gasteiger partial charge in [0.2, 0.25) is 0 Å². The summed E-state index contributed by atoms with van der Waals surface area (Å²) in [5, 5.41) is 0.